The summed E-state index contributed by atoms with van der Waals surface area (Å²) in [5.41, 5.74) is 3.25. The number of carbonyl (C=O) groups is 1. The van der Waals surface area contributed by atoms with Gasteiger partial charge in [0.15, 0.2) is 0 Å². The fourth-order valence-corrected chi connectivity index (χ4v) is 3.56. The first-order chi connectivity index (χ1) is 14.9. The summed E-state index contributed by atoms with van der Waals surface area (Å²) in [6, 6.07) is 21.6. The Kier molecular flexibility index (Phi) is 5.78. The van der Waals surface area contributed by atoms with E-state index >= 15 is 0 Å². The maximum atomic E-state index is 13.4. The molecule has 4 rings (SSSR count). The summed E-state index contributed by atoms with van der Waals surface area (Å²) in [6.07, 6.45) is 0. The van der Waals surface area contributed by atoms with Crippen molar-refractivity contribution in [3.05, 3.63) is 105 Å². The zero-order valence-corrected chi connectivity index (χ0v) is 17.9. The van der Waals surface area contributed by atoms with Gasteiger partial charge in [-0.05, 0) is 78.5 Å². The summed E-state index contributed by atoms with van der Waals surface area (Å²) in [5.74, 6) is 0.451. The molecule has 0 aliphatic heterocycles. The number of hydrogen-bond donors (Lipinski definition) is 1. The molecule has 0 aliphatic carbocycles. The predicted molar refractivity (Wildman–Crippen MR) is 124 cm³/mol. The minimum atomic E-state index is -0.231. The van der Waals surface area contributed by atoms with Gasteiger partial charge in [0.25, 0.3) is 11.5 Å². The number of nitrogens with zero attached hydrogens (tertiary/aromatic N) is 1. The SMILES string of the molecule is COc1ccc(N(Cc2cc3ccc(C)cc3[nH]c2=O)C(=O)c2ccc(Cl)cc2)cc1. The third-order valence-electron chi connectivity index (χ3n) is 5.13. The molecular formula is C25H21ClN2O3. The number of methoxy groups -OCH3 is 1. The lowest BCUT2D eigenvalue weighted by Gasteiger charge is -2.23. The van der Waals surface area contributed by atoms with E-state index in [4.69, 9.17) is 16.3 Å². The molecule has 0 spiro atoms. The number of amides is 1. The predicted octanol–water partition coefficient (Wildman–Crippen LogP) is 5.35. The molecule has 4 aromatic rings. The second-order valence-corrected chi connectivity index (χ2v) is 7.75. The Morgan fingerprint density at radius 1 is 1.00 bits per heavy atom. The molecule has 0 atom stereocenters. The highest BCUT2D eigenvalue weighted by Gasteiger charge is 2.20. The van der Waals surface area contributed by atoms with Crippen LogP contribution in [0.1, 0.15) is 21.5 Å². The number of aryl methyl sites for hydroxylation is 1. The Balaban J connectivity index is 1.76. The van der Waals surface area contributed by atoms with Gasteiger partial charge in [0.05, 0.1) is 13.7 Å². The Bertz CT molecular complexity index is 1300. The largest absolute Gasteiger partial charge is 0.497 e. The highest BCUT2D eigenvalue weighted by Crippen LogP contribution is 2.24. The number of benzene rings is 3. The van der Waals surface area contributed by atoms with E-state index < -0.39 is 0 Å². The third-order valence-corrected chi connectivity index (χ3v) is 5.38. The van der Waals surface area contributed by atoms with Crippen molar-refractivity contribution in [3.63, 3.8) is 0 Å². The quantitative estimate of drug-likeness (QED) is 0.462. The fraction of sp³-hybridized carbons (Fsp3) is 0.120. The molecule has 0 saturated heterocycles. The molecule has 1 aromatic heterocycles. The molecule has 5 nitrogen and oxygen atoms in total. The lowest BCUT2D eigenvalue weighted by atomic mass is 10.1. The standard InChI is InChI=1S/C25H21ClN2O3/c1-16-3-4-18-14-19(24(29)27-23(18)13-16)15-28(21-9-11-22(31-2)12-10-21)25(30)17-5-7-20(26)8-6-17/h3-14H,15H2,1-2H3,(H,27,29). The molecule has 0 saturated carbocycles. The van der Waals surface area contributed by atoms with Crippen LogP contribution in [0.4, 0.5) is 5.69 Å². The van der Waals surface area contributed by atoms with Crippen molar-refractivity contribution in [1.82, 2.24) is 4.98 Å². The van der Waals surface area contributed by atoms with Gasteiger partial charge in [0.1, 0.15) is 5.75 Å². The number of fused-ring (bicyclic) bond motifs is 1. The molecular weight excluding hydrogens is 412 g/mol. The van der Waals surface area contributed by atoms with Crippen LogP contribution >= 0.6 is 11.6 Å². The van der Waals surface area contributed by atoms with Gasteiger partial charge in [-0.15, -0.1) is 0 Å². The van der Waals surface area contributed by atoms with Gasteiger partial charge in [0.2, 0.25) is 0 Å². The Morgan fingerprint density at radius 2 is 1.71 bits per heavy atom. The Labute approximate surface area is 184 Å². The van der Waals surface area contributed by atoms with Crippen LogP contribution in [0, 0.1) is 6.92 Å². The molecule has 1 N–H and O–H groups in total. The number of halogens is 1. The van der Waals surface area contributed by atoms with E-state index in [0.29, 0.717) is 27.6 Å². The van der Waals surface area contributed by atoms with Crippen molar-refractivity contribution in [2.45, 2.75) is 13.5 Å². The summed E-state index contributed by atoms with van der Waals surface area (Å²) in [4.78, 5) is 30.7. The average molecular weight is 433 g/mol. The molecule has 0 bridgehead atoms. The Morgan fingerprint density at radius 3 is 2.39 bits per heavy atom. The van der Waals surface area contributed by atoms with E-state index in [0.717, 1.165) is 16.5 Å². The smallest absolute Gasteiger partial charge is 0.258 e. The molecule has 31 heavy (non-hydrogen) atoms. The maximum Gasteiger partial charge on any atom is 0.258 e. The number of aromatic nitrogens is 1. The number of nitrogens with one attached hydrogen (secondary N) is 1. The van der Waals surface area contributed by atoms with Crippen LogP contribution in [0.5, 0.6) is 5.75 Å². The lowest BCUT2D eigenvalue weighted by Crippen LogP contribution is -2.32. The first kappa shape index (κ1) is 20.7. The van der Waals surface area contributed by atoms with E-state index in [1.54, 1.807) is 60.5 Å². The number of pyridine rings is 1. The maximum absolute atomic E-state index is 13.4. The summed E-state index contributed by atoms with van der Waals surface area (Å²) in [7, 11) is 1.59. The summed E-state index contributed by atoms with van der Waals surface area (Å²) in [5, 5.41) is 1.46. The van der Waals surface area contributed by atoms with Crippen LogP contribution in [0.2, 0.25) is 5.02 Å². The van der Waals surface area contributed by atoms with Crippen LogP contribution in [0.25, 0.3) is 10.9 Å². The van der Waals surface area contributed by atoms with Gasteiger partial charge in [-0.3, -0.25) is 9.59 Å². The van der Waals surface area contributed by atoms with Gasteiger partial charge in [-0.2, -0.15) is 0 Å². The molecule has 1 amide bonds. The molecule has 3 aromatic carbocycles. The molecule has 0 aliphatic rings. The highest BCUT2D eigenvalue weighted by atomic mass is 35.5. The van der Waals surface area contributed by atoms with Crippen molar-refractivity contribution >= 4 is 34.1 Å². The average Bonchev–Trinajstić information content (AvgIpc) is 2.78. The van der Waals surface area contributed by atoms with Gasteiger partial charge < -0.3 is 14.6 Å². The number of carbonyl (C=O) groups excluding carboxylic acids is 1. The number of ether oxygens (including phenoxy) is 1. The van der Waals surface area contributed by atoms with E-state index in [-0.39, 0.29) is 18.0 Å². The van der Waals surface area contributed by atoms with Crippen molar-refractivity contribution in [2.75, 3.05) is 12.0 Å². The Hall–Kier alpha value is -3.57. The monoisotopic (exact) mass is 432 g/mol. The number of rotatable bonds is 5. The molecule has 6 heteroatoms. The first-order valence-corrected chi connectivity index (χ1v) is 10.2. The molecule has 1 heterocycles. The topological polar surface area (TPSA) is 62.4 Å². The lowest BCUT2D eigenvalue weighted by molar-refractivity contribution is 0.0985. The molecule has 156 valence electrons. The van der Waals surface area contributed by atoms with Gasteiger partial charge in [0, 0.05) is 27.4 Å². The minimum absolute atomic E-state index is 0.118. The van der Waals surface area contributed by atoms with Gasteiger partial charge in [-0.1, -0.05) is 23.7 Å². The van der Waals surface area contributed by atoms with E-state index in [1.165, 1.54) is 0 Å². The number of aromatic amines is 1. The number of H-pyrrole nitrogens is 1. The highest BCUT2D eigenvalue weighted by molar-refractivity contribution is 6.30. The van der Waals surface area contributed by atoms with Crippen LogP contribution in [0.3, 0.4) is 0 Å². The zero-order valence-electron chi connectivity index (χ0n) is 17.2. The zero-order chi connectivity index (χ0) is 22.0. The molecule has 0 unspecified atom stereocenters. The van der Waals surface area contributed by atoms with E-state index in [1.807, 2.05) is 31.2 Å². The van der Waals surface area contributed by atoms with Crippen LogP contribution < -0.4 is 15.2 Å². The third kappa shape index (κ3) is 4.47. The molecule has 0 radical (unpaired) electrons. The summed E-state index contributed by atoms with van der Waals surface area (Å²) >= 11 is 5.98. The normalized spacial score (nSPS) is 10.8. The van der Waals surface area contributed by atoms with Gasteiger partial charge in [-0.25, -0.2) is 0 Å². The number of hydrogen-bond acceptors (Lipinski definition) is 3. The van der Waals surface area contributed by atoms with E-state index in [2.05, 4.69) is 4.98 Å². The van der Waals surface area contributed by atoms with Crippen molar-refractivity contribution in [3.8, 4) is 5.75 Å². The molecule has 0 fully saturated rings. The fourth-order valence-electron chi connectivity index (χ4n) is 3.44. The van der Waals surface area contributed by atoms with Crippen molar-refractivity contribution in [1.29, 1.82) is 0 Å². The summed E-state index contributed by atoms with van der Waals surface area (Å²) in [6.45, 7) is 2.09. The second kappa shape index (κ2) is 8.66. The number of anilines is 1. The first-order valence-electron chi connectivity index (χ1n) is 9.78. The second-order valence-electron chi connectivity index (χ2n) is 7.31. The van der Waals surface area contributed by atoms with Crippen molar-refractivity contribution in [2.24, 2.45) is 0 Å². The van der Waals surface area contributed by atoms with Crippen LogP contribution in [-0.4, -0.2) is 18.0 Å². The van der Waals surface area contributed by atoms with Crippen LogP contribution in [-0.2, 0) is 6.54 Å². The minimum Gasteiger partial charge on any atom is -0.497 e. The van der Waals surface area contributed by atoms with Gasteiger partial charge >= 0.3 is 0 Å². The summed E-state index contributed by atoms with van der Waals surface area (Å²) < 4.78 is 5.23. The van der Waals surface area contributed by atoms with E-state index in [9.17, 15) is 9.59 Å². The van der Waals surface area contributed by atoms with Crippen molar-refractivity contribution < 1.29 is 9.53 Å². The van der Waals surface area contributed by atoms with Crippen LogP contribution in [0.15, 0.2) is 77.6 Å².